The Balaban J connectivity index is 3.12. The van der Waals surface area contributed by atoms with E-state index in [9.17, 15) is 4.79 Å². The molecule has 5 heteroatoms. The fraction of sp³-hybridized carbons (Fsp3) is 0.412. The Bertz CT molecular complexity index is 585. The van der Waals surface area contributed by atoms with Crippen LogP contribution in [0.5, 0.6) is 11.5 Å². The van der Waals surface area contributed by atoms with Crippen LogP contribution in [0.3, 0.4) is 0 Å². The van der Waals surface area contributed by atoms with E-state index in [0.717, 1.165) is 0 Å². The predicted octanol–water partition coefficient (Wildman–Crippen LogP) is 3.34. The summed E-state index contributed by atoms with van der Waals surface area (Å²) in [6.45, 7) is 8.14. The van der Waals surface area contributed by atoms with Crippen LogP contribution < -0.4 is 9.47 Å². The zero-order chi connectivity index (χ0) is 16.5. The first-order chi connectivity index (χ1) is 10.5. The number of ether oxygens (including phenoxy) is 3. The first-order valence-corrected chi connectivity index (χ1v) is 7.24. The minimum Gasteiger partial charge on any atom is -0.490 e. The van der Waals surface area contributed by atoms with E-state index in [-0.39, 0.29) is 18.3 Å². The topological polar surface area (TPSA) is 68.6 Å². The van der Waals surface area contributed by atoms with Gasteiger partial charge < -0.3 is 14.2 Å². The van der Waals surface area contributed by atoms with Gasteiger partial charge in [0, 0.05) is 0 Å². The van der Waals surface area contributed by atoms with E-state index >= 15 is 0 Å². The van der Waals surface area contributed by atoms with Crippen LogP contribution in [0.25, 0.3) is 6.08 Å². The first-order valence-electron chi connectivity index (χ1n) is 7.24. The highest BCUT2D eigenvalue weighted by molar-refractivity contribution is 5.97. The van der Waals surface area contributed by atoms with Gasteiger partial charge in [-0.15, -0.1) is 0 Å². The summed E-state index contributed by atoms with van der Waals surface area (Å²) in [5.74, 6) is 0.570. The van der Waals surface area contributed by atoms with Gasteiger partial charge in [0.1, 0.15) is 11.6 Å². The van der Waals surface area contributed by atoms with Crippen molar-refractivity contribution >= 4 is 12.0 Å². The van der Waals surface area contributed by atoms with Crippen LogP contribution in [0.2, 0.25) is 0 Å². The number of nitrogens with zero attached hydrogens (tertiary/aromatic N) is 1. The van der Waals surface area contributed by atoms with Crippen LogP contribution in [-0.2, 0) is 9.53 Å². The summed E-state index contributed by atoms with van der Waals surface area (Å²) in [5.41, 5.74) is 0.617. The van der Waals surface area contributed by atoms with Crippen LogP contribution in [0.4, 0.5) is 0 Å². The molecule has 0 amide bonds. The van der Waals surface area contributed by atoms with Crippen LogP contribution in [0, 0.1) is 11.3 Å². The molecule has 0 radical (unpaired) electrons. The van der Waals surface area contributed by atoms with E-state index in [1.165, 1.54) is 6.08 Å². The van der Waals surface area contributed by atoms with Crippen molar-refractivity contribution < 1.29 is 19.0 Å². The number of benzene rings is 1. The maximum atomic E-state index is 11.6. The molecular weight excluding hydrogens is 282 g/mol. The number of rotatable bonds is 7. The largest absolute Gasteiger partial charge is 0.490 e. The standard InChI is InChI=1S/C17H21NO4/c1-5-20-16-10-13(7-8-15(16)22-12(3)4)9-14(11-18)17(19)21-6-2/h7-10,12H,5-6H2,1-4H3/b14-9-. The summed E-state index contributed by atoms with van der Waals surface area (Å²) >= 11 is 0. The third-order valence-electron chi connectivity index (χ3n) is 2.56. The molecule has 0 heterocycles. The monoisotopic (exact) mass is 303 g/mol. The molecule has 0 N–H and O–H groups in total. The number of carbonyl (C=O) groups is 1. The Labute approximate surface area is 131 Å². The van der Waals surface area contributed by atoms with Crippen molar-refractivity contribution in [2.45, 2.75) is 33.8 Å². The lowest BCUT2D eigenvalue weighted by Crippen LogP contribution is -2.08. The second-order valence-corrected chi connectivity index (χ2v) is 4.70. The lowest BCUT2D eigenvalue weighted by Gasteiger charge is -2.15. The van der Waals surface area contributed by atoms with Gasteiger partial charge in [-0.3, -0.25) is 0 Å². The highest BCUT2D eigenvalue weighted by Crippen LogP contribution is 2.30. The van der Waals surface area contributed by atoms with Crippen LogP contribution in [0.15, 0.2) is 23.8 Å². The number of hydrogen-bond acceptors (Lipinski definition) is 5. The van der Waals surface area contributed by atoms with Gasteiger partial charge in [-0.05, 0) is 51.5 Å². The fourth-order valence-electron chi connectivity index (χ4n) is 1.75. The SMILES string of the molecule is CCOC(=O)/C(C#N)=C\c1ccc(OC(C)C)c(OCC)c1. The molecule has 0 saturated carbocycles. The van der Waals surface area contributed by atoms with Gasteiger partial charge in [0.15, 0.2) is 11.5 Å². The lowest BCUT2D eigenvalue weighted by atomic mass is 10.1. The molecule has 0 atom stereocenters. The van der Waals surface area contributed by atoms with Crippen LogP contribution in [-0.4, -0.2) is 25.3 Å². The summed E-state index contributed by atoms with van der Waals surface area (Å²) in [5, 5.41) is 9.06. The molecule has 118 valence electrons. The Morgan fingerprint density at radius 2 is 2.00 bits per heavy atom. The Morgan fingerprint density at radius 3 is 2.55 bits per heavy atom. The summed E-state index contributed by atoms with van der Waals surface area (Å²) in [6, 6.07) is 7.10. The maximum absolute atomic E-state index is 11.6. The molecule has 0 unspecified atom stereocenters. The summed E-state index contributed by atoms with van der Waals surface area (Å²) in [4.78, 5) is 11.6. The zero-order valence-corrected chi connectivity index (χ0v) is 13.4. The Morgan fingerprint density at radius 1 is 1.27 bits per heavy atom. The van der Waals surface area contributed by atoms with Crippen LogP contribution >= 0.6 is 0 Å². The molecule has 0 aromatic heterocycles. The van der Waals surface area contributed by atoms with E-state index in [0.29, 0.717) is 23.7 Å². The van der Waals surface area contributed by atoms with E-state index < -0.39 is 5.97 Å². The minimum absolute atomic E-state index is 0.0230. The van der Waals surface area contributed by atoms with Crippen LogP contribution in [0.1, 0.15) is 33.3 Å². The van der Waals surface area contributed by atoms with E-state index in [1.54, 1.807) is 25.1 Å². The van der Waals surface area contributed by atoms with Gasteiger partial charge in [-0.1, -0.05) is 6.07 Å². The molecule has 0 bridgehead atoms. The molecule has 0 saturated heterocycles. The highest BCUT2D eigenvalue weighted by atomic mass is 16.5. The van der Waals surface area contributed by atoms with Gasteiger partial charge in [0.25, 0.3) is 0 Å². The van der Waals surface area contributed by atoms with Crippen molar-refractivity contribution in [2.24, 2.45) is 0 Å². The quantitative estimate of drug-likeness (QED) is 0.439. The van der Waals surface area contributed by atoms with Gasteiger partial charge in [0.2, 0.25) is 0 Å². The van der Waals surface area contributed by atoms with Gasteiger partial charge in [-0.2, -0.15) is 5.26 Å². The molecule has 0 aliphatic carbocycles. The van der Waals surface area contributed by atoms with Gasteiger partial charge in [0.05, 0.1) is 19.3 Å². The normalized spacial score (nSPS) is 11.0. The van der Waals surface area contributed by atoms with Crippen molar-refractivity contribution in [1.29, 1.82) is 5.26 Å². The highest BCUT2D eigenvalue weighted by Gasteiger charge is 2.12. The van der Waals surface area contributed by atoms with E-state index in [1.807, 2.05) is 26.8 Å². The van der Waals surface area contributed by atoms with E-state index in [2.05, 4.69) is 0 Å². The first kappa shape index (κ1) is 17.6. The molecule has 1 rings (SSSR count). The number of nitriles is 1. The molecule has 0 spiro atoms. The third-order valence-corrected chi connectivity index (χ3v) is 2.56. The van der Waals surface area contributed by atoms with Crippen molar-refractivity contribution in [3.63, 3.8) is 0 Å². The van der Waals surface area contributed by atoms with E-state index in [4.69, 9.17) is 19.5 Å². The Kier molecular flexibility index (Phi) is 6.97. The Hall–Kier alpha value is -2.48. The number of esters is 1. The van der Waals surface area contributed by atoms with Crippen molar-refractivity contribution in [1.82, 2.24) is 0 Å². The molecule has 0 aliphatic heterocycles. The summed E-state index contributed by atoms with van der Waals surface area (Å²) < 4.78 is 16.1. The molecule has 1 aromatic rings. The second kappa shape index (κ2) is 8.73. The third kappa shape index (κ3) is 5.13. The van der Waals surface area contributed by atoms with Crippen molar-refractivity contribution in [3.05, 3.63) is 29.3 Å². The second-order valence-electron chi connectivity index (χ2n) is 4.70. The summed E-state index contributed by atoms with van der Waals surface area (Å²) in [7, 11) is 0. The maximum Gasteiger partial charge on any atom is 0.348 e. The molecule has 22 heavy (non-hydrogen) atoms. The molecule has 5 nitrogen and oxygen atoms in total. The molecular formula is C17H21NO4. The fourth-order valence-corrected chi connectivity index (χ4v) is 1.75. The van der Waals surface area contributed by atoms with Gasteiger partial charge >= 0.3 is 5.97 Å². The minimum atomic E-state index is -0.634. The average Bonchev–Trinajstić information content (AvgIpc) is 2.47. The van der Waals surface area contributed by atoms with Gasteiger partial charge in [-0.25, -0.2) is 4.79 Å². The summed E-state index contributed by atoms with van der Waals surface area (Å²) in [6.07, 6.45) is 1.49. The average molecular weight is 303 g/mol. The predicted molar refractivity (Wildman–Crippen MR) is 83.6 cm³/mol. The molecule has 0 aliphatic rings. The van der Waals surface area contributed by atoms with Crippen molar-refractivity contribution in [2.75, 3.05) is 13.2 Å². The smallest absolute Gasteiger partial charge is 0.348 e. The molecule has 0 fully saturated rings. The lowest BCUT2D eigenvalue weighted by molar-refractivity contribution is -0.137. The molecule has 1 aromatic carbocycles. The van der Waals surface area contributed by atoms with Crippen molar-refractivity contribution in [3.8, 4) is 17.6 Å². The zero-order valence-electron chi connectivity index (χ0n) is 13.4. The number of carbonyl (C=O) groups excluding carboxylic acids is 1. The number of hydrogen-bond donors (Lipinski definition) is 0.